The zero-order chi connectivity index (χ0) is 18.5. The van der Waals surface area contributed by atoms with Crippen LogP contribution in [-0.2, 0) is 0 Å². The highest BCUT2D eigenvalue weighted by molar-refractivity contribution is 7.99. The summed E-state index contributed by atoms with van der Waals surface area (Å²) in [6.45, 7) is 0. The van der Waals surface area contributed by atoms with E-state index in [0.29, 0.717) is 0 Å². The van der Waals surface area contributed by atoms with E-state index in [0.717, 1.165) is 11.2 Å². The summed E-state index contributed by atoms with van der Waals surface area (Å²) >= 11 is 1.82. The highest BCUT2D eigenvalue weighted by atomic mass is 32.2. The van der Waals surface area contributed by atoms with Gasteiger partial charge >= 0.3 is 0 Å². The van der Waals surface area contributed by atoms with Crippen LogP contribution in [0.4, 0.5) is 0 Å². The first-order valence-electron chi connectivity index (χ1n) is 9.36. The molecule has 0 aliphatic heterocycles. The van der Waals surface area contributed by atoms with Gasteiger partial charge in [0.05, 0.1) is 0 Å². The van der Waals surface area contributed by atoms with Crippen molar-refractivity contribution in [2.24, 2.45) is 0 Å². The lowest BCUT2D eigenvalue weighted by atomic mass is 10.1. The third-order valence-corrected chi connectivity index (χ3v) is 6.40. The van der Waals surface area contributed by atoms with Gasteiger partial charge in [-0.2, -0.15) is 0 Å². The van der Waals surface area contributed by atoms with Gasteiger partial charge in [-0.05, 0) is 45.8 Å². The Balaban J connectivity index is 1.66. The molecule has 0 unspecified atom stereocenters. The Morgan fingerprint density at radius 1 is 0.536 bits per heavy atom. The fraction of sp³-hybridized carbons (Fsp3) is 0. The lowest BCUT2D eigenvalue weighted by Crippen LogP contribution is -1.82. The second-order valence-corrected chi connectivity index (χ2v) is 8.09. The normalized spacial score (nSPS) is 11.7. The average Bonchev–Trinajstić information content (AvgIpc) is 3.11. The van der Waals surface area contributed by atoms with Gasteiger partial charge in [0, 0.05) is 20.6 Å². The molecule has 5 aromatic carbocycles. The van der Waals surface area contributed by atoms with Crippen LogP contribution < -0.4 is 0 Å². The van der Waals surface area contributed by atoms with Crippen LogP contribution in [0.15, 0.2) is 111 Å². The van der Waals surface area contributed by atoms with Crippen LogP contribution in [0.2, 0.25) is 0 Å². The first-order valence-corrected chi connectivity index (χ1v) is 10.2. The summed E-state index contributed by atoms with van der Waals surface area (Å²) in [7, 11) is 0. The molecule has 0 aliphatic carbocycles. The van der Waals surface area contributed by atoms with Gasteiger partial charge in [0.25, 0.3) is 0 Å². The first-order chi connectivity index (χ1) is 13.9. The van der Waals surface area contributed by atoms with Crippen molar-refractivity contribution in [3.8, 4) is 0 Å². The molecule has 0 saturated heterocycles. The summed E-state index contributed by atoms with van der Waals surface area (Å²) < 4.78 is 6.20. The van der Waals surface area contributed by atoms with Crippen molar-refractivity contribution in [2.75, 3.05) is 0 Å². The van der Waals surface area contributed by atoms with Crippen LogP contribution in [0.25, 0.3) is 43.5 Å². The van der Waals surface area contributed by atoms with Crippen molar-refractivity contribution in [3.05, 3.63) is 97.1 Å². The van der Waals surface area contributed by atoms with Crippen molar-refractivity contribution in [1.29, 1.82) is 0 Å². The van der Waals surface area contributed by atoms with E-state index < -0.39 is 0 Å². The van der Waals surface area contributed by atoms with Crippen LogP contribution >= 0.6 is 11.8 Å². The zero-order valence-electron chi connectivity index (χ0n) is 15.1. The number of furan rings is 1. The quantitative estimate of drug-likeness (QED) is 0.303. The maximum atomic E-state index is 6.20. The highest BCUT2D eigenvalue weighted by Gasteiger charge is 2.16. The van der Waals surface area contributed by atoms with Crippen molar-refractivity contribution in [1.82, 2.24) is 0 Å². The second kappa shape index (κ2) is 6.15. The van der Waals surface area contributed by atoms with Crippen molar-refractivity contribution in [2.45, 2.75) is 9.79 Å². The first kappa shape index (κ1) is 15.8. The summed E-state index contributed by atoms with van der Waals surface area (Å²) in [6.07, 6.45) is 0. The van der Waals surface area contributed by atoms with E-state index in [-0.39, 0.29) is 0 Å². The van der Waals surface area contributed by atoms with Crippen LogP contribution in [0.3, 0.4) is 0 Å². The molecule has 0 aliphatic rings. The highest BCUT2D eigenvalue weighted by Crippen LogP contribution is 2.44. The molecule has 0 atom stereocenters. The maximum absolute atomic E-state index is 6.20. The van der Waals surface area contributed by atoms with Crippen LogP contribution in [0, 0.1) is 0 Å². The summed E-state index contributed by atoms with van der Waals surface area (Å²) in [4.78, 5) is 2.50. The molecule has 0 saturated carbocycles. The lowest BCUT2D eigenvalue weighted by molar-refractivity contribution is 0.669. The molecule has 1 heterocycles. The minimum atomic E-state index is 0.938. The topological polar surface area (TPSA) is 13.1 Å². The minimum absolute atomic E-state index is 0.938. The van der Waals surface area contributed by atoms with Gasteiger partial charge in [0.2, 0.25) is 0 Å². The predicted octanol–water partition coefficient (Wildman–Crippen LogP) is 8.04. The third kappa shape index (κ3) is 2.42. The van der Waals surface area contributed by atoms with Gasteiger partial charge in [-0.15, -0.1) is 0 Å². The van der Waals surface area contributed by atoms with Crippen LogP contribution in [-0.4, -0.2) is 0 Å². The standard InChI is InChI=1S/C26H16OS/c1-2-8-18-15-20(14-13-17(18)7-1)28-26-21-10-4-3-9-19(21)16-24-25(26)22-11-5-6-12-23(22)27-24/h1-16H. The Labute approximate surface area is 166 Å². The lowest BCUT2D eigenvalue weighted by Gasteiger charge is -2.09. The number of rotatable bonds is 2. The molecule has 0 fully saturated rings. The molecule has 6 rings (SSSR count). The van der Waals surface area contributed by atoms with E-state index in [4.69, 9.17) is 4.42 Å². The fourth-order valence-electron chi connectivity index (χ4n) is 3.96. The van der Waals surface area contributed by atoms with Gasteiger partial charge in [0.1, 0.15) is 11.2 Å². The number of para-hydroxylation sites is 1. The van der Waals surface area contributed by atoms with Gasteiger partial charge in [-0.3, -0.25) is 0 Å². The largest absolute Gasteiger partial charge is 0.456 e. The Morgan fingerprint density at radius 2 is 1.25 bits per heavy atom. The molecule has 1 aromatic heterocycles. The van der Waals surface area contributed by atoms with Gasteiger partial charge in [-0.25, -0.2) is 0 Å². The van der Waals surface area contributed by atoms with E-state index in [9.17, 15) is 0 Å². The molecule has 132 valence electrons. The van der Waals surface area contributed by atoms with E-state index in [1.807, 2.05) is 23.9 Å². The predicted molar refractivity (Wildman–Crippen MR) is 119 cm³/mol. The van der Waals surface area contributed by atoms with Crippen molar-refractivity contribution in [3.63, 3.8) is 0 Å². The molecule has 1 nitrogen and oxygen atoms in total. The Morgan fingerprint density at radius 3 is 2.14 bits per heavy atom. The SMILES string of the molecule is c1ccc2cc(Sc3c4ccccc4cc4oc5ccccc5c34)ccc2c1. The van der Waals surface area contributed by atoms with Crippen LogP contribution in [0.5, 0.6) is 0 Å². The molecule has 0 bridgehead atoms. The number of fused-ring (bicyclic) bond motifs is 5. The summed E-state index contributed by atoms with van der Waals surface area (Å²) in [6, 6.07) is 34.2. The molecule has 6 aromatic rings. The molecular formula is C26H16OS. The average molecular weight is 376 g/mol. The Bertz CT molecular complexity index is 1490. The smallest absolute Gasteiger partial charge is 0.137 e. The molecule has 0 spiro atoms. The van der Waals surface area contributed by atoms with E-state index in [1.54, 1.807) is 0 Å². The zero-order valence-corrected chi connectivity index (χ0v) is 15.9. The minimum Gasteiger partial charge on any atom is -0.456 e. The molecule has 0 radical (unpaired) electrons. The monoisotopic (exact) mass is 376 g/mol. The Kier molecular flexibility index (Phi) is 3.47. The molecule has 28 heavy (non-hydrogen) atoms. The fourth-order valence-corrected chi connectivity index (χ4v) is 5.13. The number of hydrogen-bond donors (Lipinski definition) is 0. The van der Waals surface area contributed by atoms with E-state index in [2.05, 4.69) is 84.9 Å². The Hall–Kier alpha value is -3.23. The molecule has 0 amide bonds. The van der Waals surface area contributed by atoms with Gasteiger partial charge < -0.3 is 4.42 Å². The van der Waals surface area contributed by atoms with Crippen LogP contribution in [0.1, 0.15) is 0 Å². The summed E-state index contributed by atoms with van der Waals surface area (Å²) in [5.41, 5.74) is 1.89. The van der Waals surface area contributed by atoms with Gasteiger partial charge in [0.15, 0.2) is 0 Å². The summed E-state index contributed by atoms with van der Waals surface area (Å²) in [5.74, 6) is 0. The van der Waals surface area contributed by atoms with Crippen molar-refractivity contribution < 1.29 is 4.42 Å². The van der Waals surface area contributed by atoms with E-state index in [1.165, 1.54) is 42.1 Å². The number of benzene rings is 5. The van der Waals surface area contributed by atoms with E-state index >= 15 is 0 Å². The molecule has 2 heteroatoms. The third-order valence-electron chi connectivity index (χ3n) is 5.28. The maximum Gasteiger partial charge on any atom is 0.137 e. The second-order valence-electron chi connectivity index (χ2n) is 7.01. The van der Waals surface area contributed by atoms with Gasteiger partial charge in [-0.1, -0.05) is 84.6 Å². The summed E-state index contributed by atoms with van der Waals surface area (Å²) in [5, 5.41) is 7.38. The molecular weight excluding hydrogens is 360 g/mol. The number of hydrogen-bond acceptors (Lipinski definition) is 2. The molecule has 0 N–H and O–H groups in total. The van der Waals surface area contributed by atoms with Crippen molar-refractivity contribution >= 4 is 55.2 Å².